The van der Waals surface area contributed by atoms with Gasteiger partial charge in [-0.25, -0.2) is 0 Å². The number of hydrogen-bond acceptors (Lipinski definition) is 3. The molecule has 1 fully saturated rings. The summed E-state index contributed by atoms with van der Waals surface area (Å²) in [5.74, 6) is 0. The second kappa shape index (κ2) is 6.57. The largest absolute Gasteiger partial charge is 0.382 e. The van der Waals surface area contributed by atoms with Crippen LogP contribution in [0.25, 0.3) is 0 Å². The van der Waals surface area contributed by atoms with Crippen molar-refractivity contribution in [2.24, 2.45) is 0 Å². The van der Waals surface area contributed by atoms with Gasteiger partial charge in [-0.1, -0.05) is 12.1 Å². The van der Waals surface area contributed by atoms with Crippen LogP contribution in [-0.4, -0.2) is 28.9 Å². The van der Waals surface area contributed by atoms with E-state index in [1.807, 2.05) is 23.1 Å². The van der Waals surface area contributed by atoms with Crippen molar-refractivity contribution in [2.45, 2.75) is 31.8 Å². The molecule has 1 atom stereocenters. The first-order valence-corrected chi connectivity index (χ1v) is 7.44. The van der Waals surface area contributed by atoms with Crippen molar-refractivity contribution in [3.8, 4) is 0 Å². The van der Waals surface area contributed by atoms with Crippen LogP contribution in [0.5, 0.6) is 0 Å². The van der Waals surface area contributed by atoms with E-state index in [1.54, 1.807) is 0 Å². The van der Waals surface area contributed by atoms with E-state index in [-0.39, 0.29) is 0 Å². The summed E-state index contributed by atoms with van der Waals surface area (Å²) in [6.45, 7) is 3.11. The highest BCUT2D eigenvalue weighted by molar-refractivity contribution is 5.45. The lowest BCUT2D eigenvalue weighted by atomic mass is 10.1. The Hall–Kier alpha value is -1.81. The van der Waals surface area contributed by atoms with Crippen molar-refractivity contribution >= 4 is 5.69 Å². The number of nitrogens with one attached hydrogen (secondary N) is 2. The summed E-state index contributed by atoms with van der Waals surface area (Å²) in [5, 5.41) is 11.3. The first-order chi connectivity index (χ1) is 9.90. The summed E-state index contributed by atoms with van der Waals surface area (Å²) in [5.41, 5.74) is 2.50. The van der Waals surface area contributed by atoms with Crippen LogP contribution in [0, 0.1) is 0 Å². The second-order valence-electron chi connectivity index (χ2n) is 5.42. The smallest absolute Gasteiger partial charge is 0.0659 e. The fourth-order valence-electron chi connectivity index (χ4n) is 2.69. The van der Waals surface area contributed by atoms with Gasteiger partial charge in [0.1, 0.15) is 0 Å². The summed E-state index contributed by atoms with van der Waals surface area (Å²) in [4.78, 5) is 0. The first kappa shape index (κ1) is 13.2. The Morgan fingerprint density at radius 2 is 2.10 bits per heavy atom. The fourth-order valence-corrected chi connectivity index (χ4v) is 2.69. The highest BCUT2D eigenvalue weighted by Crippen LogP contribution is 2.15. The molecule has 4 heteroatoms. The predicted octanol–water partition coefficient (Wildman–Crippen LogP) is 2.49. The molecule has 0 saturated carbocycles. The number of anilines is 1. The molecule has 0 spiro atoms. The van der Waals surface area contributed by atoms with E-state index in [2.05, 4.69) is 40.0 Å². The molecule has 2 aromatic rings. The first-order valence-electron chi connectivity index (χ1n) is 7.44. The third kappa shape index (κ3) is 3.61. The molecule has 1 aromatic carbocycles. The molecule has 1 unspecified atom stereocenters. The molecule has 3 rings (SSSR count). The van der Waals surface area contributed by atoms with Crippen LogP contribution >= 0.6 is 0 Å². The maximum atomic E-state index is 4.23. The van der Waals surface area contributed by atoms with E-state index >= 15 is 0 Å². The third-order valence-corrected chi connectivity index (χ3v) is 3.80. The Morgan fingerprint density at radius 1 is 1.20 bits per heavy atom. The van der Waals surface area contributed by atoms with Gasteiger partial charge in [0.25, 0.3) is 0 Å². The molecule has 1 aromatic heterocycles. The average Bonchev–Trinajstić information content (AvgIpc) is 2.84. The fraction of sp³-hybridized carbons (Fsp3) is 0.438. The lowest BCUT2D eigenvalue weighted by Gasteiger charge is -2.17. The number of aromatic nitrogens is 2. The molecule has 0 aliphatic carbocycles. The lowest BCUT2D eigenvalue weighted by molar-refractivity contribution is 0.637. The molecule has 1 aliphatic heterocycles. The van der Waals surface area contributed by atoms with E-state index in [0.717, 1.165) is 19.6 Å². The Kier molecular flexibility index (Phi) is 4.33. The van der Waals surface area contributed by atoms with Crippen molar-refractivity contribution in [3.05, 3.63) is 48.3 Å². The molecule has 2 N–H and O–H groups in total. The van der Waals surface area contributed by atoms with Crippen molar-refractivity contribution in [2.75, 3.05) is 18.4 Å². The molecular formula is C16H22N4. The third-order valence-electron chi connectivity index (χ3n) is 3.80. The van der Waals surface area contributed by atoms with Gasteiger partial charge in [0, 0.05) is 24.1 Å². The number of hydrogen-bond donors (Lipinski definition) is 2. The summed E-state index contributed by atoms with van der Waals surface area (Å²) < 4.78 is 1.94. The molecule has 106 valence electrons. The van der Waals surface area contributed by atoms with E-state index in [1.165, 1.54) is 30.5 Å². The van der Waals surface area contributed by atoms with Gasteiger partial charge in [-0.05, 0) is 56.1 Å². The summed E-state index contributed by atoms with van der Waals surface area (Å²) in [7, 11) is 0. The van der Waals surface area contributed by atoms with Gasteiger partial charge in [0.05, 0.1) is 6.54 Å². The Morgan fingerprint density at radius 3 is 2.90 bits per heavy atom. The Balaban J connectivity index is 1.58. The van der Waals surface area contributed by atoms with Gasteiger partial charge in [-0.3, -0.25) is 4.68 Å². The van der Waals surface area contributed by atoms with E-state index in [4.69, 9.17) is 0 Å². The monoisotopic (exact) mass is 270 g/mol. The quantitative estimate of drug-likeness (QED) is 0.897. The van der Waals surface area contributed by atoms with Gasteiger partial charge in [0.15, 0.2) is 0 Å². The van der Waals surface area contributed by atoms with Crippen LogP contribution in [0.3, 0.4) is 0 Å². The molecule has 0 radical (unpaired) electrons. The second-order valence-corrected chi connectivity index (χ2v) is 5.42. The zero-order chi connectivity index (χ0) is 13.6. The number of nitrogens with zero attached hydrogens (tertiary/aromatic N) is 2. The van der Waals surface area contributed by atoms with Crippen LogP contribution in [-0.2, 0) is 6.54 Å². The zero-order valence-corrected chi connectivity index (χ0v) is 11.8. The molecule has 1 aliphatic rings. The van der Waals surface area contributed by atoms with E-state index in [0.29, 0.717) is 6.04 Å². The topological polar surface area (TPSA) is 41.9 Å². The SMILES string of the molecule is c1cnn(Cc2ccc(NC3CCCNCC3)cc2)c1. The number of rotatable bonds is 4. The molecule has 4 nitrogen and oxygen atoms in total. The van der Waals surface area contributed by atoms with Crippen molar-refractivity contribution in [3.63, 3.8) is 0 Å². The zero-order valence-electron chi connectivity index (χ0n) is 11.8. The minimum atomic E-state index is 0.599. The van der Waals surface area contributed by atoms with Crippen LogP contribution in [0.1, 0.15) is 24.8 Å². The van der Waals surface area contributed by atoms with Gasteiger partial charge in [-0.15, -0.1) is 0 Å². The highest BCUT2D eigenvalue weighted by atomic mass is 15.3. The highest BCUT2D eigenvalue weighted by Gasteiger charge is 2.11. The lowest BCUT2D eigenvalue weighted by Crippen LogP contribution is -2.21. The van der Waals surface area contributed by atoms with Crippen molar-refractivity contribution < 1.29 is 0 Å². The van der Waals surface area contributed by atoms with Gasteiger partial charge in [0.2, 0.25) is 0 Å². The Labute approximate surface area is 120 Å². The standard InChI is InChI=1S/C16H22N4/c1-3-15(8-11-17-9-1)19-16-6-4-14(5-7-16)13-20-12-2-10-18-20/h2,4-7,10,12,15,17,19H,1,3,8-9,11,13H2. The summed E-state index contributed by atoms with van der Waals surface area (Å²) in [6.07, 6.45) is 7.52. The van der Waals surface area contributed by atoms with Crippen molar-refractivity contribution in [1.82, 2.24) is 15.1 Å². The van der Waals surface area contributed by atoms with Gasteiger partial charge in [-0.2, -0.15) is 5.10 Å². The van der Waals surface area contributed by atoms with Gasteiger partial charge < -0.3 is 10.6 Å². The Bertz CT molecular complexity index is 496. The maximum absolute atomic E-state index is 4.23. The number of benzene rings is 1. The average molecular weight is 270 g/mol. The molecule has 1 saturated heterocycles. The van der Waals surface area contributed by atoms with Crippen LogP contribution in [0.2, 0.25) is 0 Å². The maximum Gasteiger partial charge on any atom is 0.0659 e. The predicted molar refractivity (Wildman–Crippen MR) is 81.9 cm³/mol. The molecular weight excluding hydrogens is 248 g/mol. The van der Waals surface area contributed by atoms with E-state index < -0.39 is 0 Å². The van der Waals surface area contributed by atoms with E-state index in [9.17, 15) is 0 Å². The van der Waals surface area contributed by atoms with Crippen LogP contribution < -0.4 is 10.6 Å². The van der Waals surface area contributed by atoms with Crippen LogP contribution in [0.4, 0.5) is 5.69 Å². The molecule has 0 amide bonds. The van der Waals surface area contributed by atoms with Crippen LogP contribution in [0.15, 0.2) is 42.7 Å². The van der Waals surface area contributed by atoms with Gasteiger partial charge >= 0.3 is 0 Å². The normalized spacial score (nSPS) is 19.5. The molecule has 2 heterocycles. The summed E-state index contributed by atoms with van der Waals surface area (Å²) in [6, 6.07) is 11.3. The summed E-state index contributed by atoms with van der Waals surface area (Å²) >= 11 is 0. The van der Waals surface area contributed by atoms with Crippen molar-refractivity contribution in [1.29, 1.82) is 0 Å². The molecule has 0 bridgehead atoms. The molecule has 20 heavy (non-hydrogen) atoms. The minimum absolute atomic E-state index is 0.599. The minimum Gasteiger partial charge on any atom is -0.382 e.